The van der Waals surface area contributed by atoms with Crippen LogP contribution in [0.5, 0.6) is 0 Å². The summed E-state index contributed by atoms with van der Waals surface area (Å²) in [7, 11) is 0. The molecule has 0 spiro atoms. The number of halogens is 1. The van der Waals surface area contributed by atoms with Crippen LogP contribution in [0.1, 0.15) is 46.0 Å². The lowest BCUT2D eigenvalue weighted by molar-refractivity contribution is 0.544. The fourth-order valence-electron chi connectivity index (χ4n) is 1.28. The topological polar surface area (TPSA) is 37.8 Å². The van der Waals surface area contributed by atoms with Crippen LogP contribution in [0.3, 0.4) is 0 Å². The Kier molecular flexibility index (Phi) is 3.92. The van der Waals surface area contributed by atoms with Crippen LogP contribution in [0.4, 0.5) is 5.82 Å². The zero-order chi connectivity index (χ0) is 14.1. The van der Waals surface area contributed by atoms with Crippen molar-refractivity contribution in [2.45, 2.75) is 52.5 Å². The third-order valence-corrected chi connectivity index (χ3v) is 2.92. The second-order valence-corrected chi connectivity index (χ2v) is 6.31. The molecule has 0 atom stereocenters. The van der Waals surface area contributed by atoms with E-state index in [-0.39, 0.29) is 5.41 Å². The van der Waals surface area contributed by atoms with Gasteiger partial charge in [-0.05, 0) is 20.8 Å². The second kappa shape index (κ2) is 4.78. The van der Waals surface area contributed by atoms with E-state index in [1.807, 2.05) is 41.5 Å². The number of anilines is 1. The Morgan fingerprint density at radius 1 is 1.17 bits per heavy atom. The SMILES string of the molecule is C#CC(C)(C)Nc1nc(C(C)(C)C)nc(Cl)c1C. The van der Waals surface area contributed by atoms with Gasteiger partial charge in [0.2, 0.25) is 0 Å². The lowest BCUT2D eigenvalue weighted by Crippen LogP contribution is -2.30. The van der Waals surface area contributed by atoms with Gasteiger partial charge in [-0.15, -0.1) is 6.42 Å². The Hall–Kier alpha value is -1.27. The van der Waals surface area contributed by atoms with Crippen LogP contribution in [0, 0.1) is 19.3 Å². The van der Waals surface area contributed by atoms with Gasteiger partial charge in [0.05, 0.1) is 5.54 Å². The Labute approximate surface area is 114 Å². The number of nitrogens with zero attached hydrogens (tertiary/aromatic N) is 2. The van der Waals surface area contributed by atoms with E-state index in [4.69, 9.17) is 18.0 Å². The van der Waals surface area contributed by atoms with Crippen LogP contribution in [0.2, 0.25) is 5.15 Å². The first-order valence-corrected chi connectivity index (χ1v) is 6.25. The smallest absolute Gasteiger partial charge is 0.137 e. The lowest BCUT2D eigenvalue weighted by Gasteiger charge is -2.24. The fraction of sp³-hybridized carbons (Fsp3) is 0.571. The summed E-state index contributed by atoms with van der Waals surface area (Å²) in [5, 5.41) is 3.68. The zero-order valence-corrected chi connectivity index (χ0v) is 12.6. The van der Waals surface area contributed by atoms with Crippen molar-refractivity contribution in [1.82, 2.24) is 9.97 Å². The van der Waals surface area contributed by atoms with Gasteiger partial charge in [0, 0.05) is 11.0 Å². The minimum absolute atomic E-state index is 0.159. The molecule has 0 fully saturated rings. The molecule has 0 aliphatic rings. The van der Waals surface area contributed by atoms with Gasteiger partial charge in [-0.2, -0.15) is 0 Å². The van der Waals surface area contributed by atoms with Crippen molar-refractivity contribution in [2.24, 2.45) is 0 Å². The van der Waals surface area contributed by atoms with Crippen LogP contribution in [0.25, 0.3) is 0 Å². The van der Waals surface area contributed by atoms with Crippen molar-refractivity contribution < 1.29 is 0 Å². The van der Waals surface area contributed by atoms with E-state index in [2.05, 4.69) is 21.2 Å². The molecular formula is C14H20ClN3. The molecule has 1 aromatic heterocycles. The molecule has 0 saturated carbocycles. The van der Waals surface area contributed by atoms with Crippen molar-refractivity contribution in [1.29, 1.82) is 0 Å². The van der Waals surface area contributed by atoms with Gasteiger partial charge >= 0.3 is 0 Å². The molecule has 1 rings (SSSR count). The minimum Gasteiger partial charge on any atom is -0.354 e. The highest BCUT2D eigenvalue weighted by Gasteiger charge is 2.23. The maximum atomic E-state index is 6.15. The summed E-state index contributed by atoms with van der Waals surface area (Å²) >= 11 is 6.15. The summed E-state index contributed by atoms with van der Waals surface area (Å²) < 4.78 is 0. The van der Waals surface area contributed by atoms with Gasteiger partial charge in [0.25, 0.3) is 0 Å². The standard InChI is InChI=1S/C14H20ClN3/c1-8-14(6,7)18-11-9(2)10(15)16-12(17-11)13(3,4)5/h1H,2-7H3,(H,16,17,18). The molecule has 18 heavy (non-hydrogen) atoms. The average molecular weight is 266 g/mol. The van der Waals surface area contributed by atoms with E-state index in [0.29, 0.717) is 16.8 Å². The highest BCUT2D eigenvalue weighted by molar-refractivity contribution is 6.30. The van der Waals surface area contributed by atoms with Crippen molar-refractivity contribution in [2.75, 3.05) is 5.32 Å². The van der Waals surface area contributed by atoms with E-state index in [9.17, 15) is 0 Å². The molecule has 0 amide bonds. The number of hydrogen-bond acceptors (Lipinski definition) is 3. The predicted molar refractivity (Wildman–Crippen MR) is 77.0 cm³/mol. The fourth-order valence-corrected chi connectivity index (χ4v) is 1.45. The van der Waals surface area contributed by atoms with Crippen molar-refractivity contribution in [3.05, 3.63) is 16.5 Å². The van der Waals surface area contributed by atoms with E-state index in [0.717, 1.165) is 5.56 Å². The molecule has 0 aliphatic heterocycles. The van der Waals surface area contributed by atoms with Crippen LogP contribution in [0.15, 0.2) is 0 Å². The van der Waals surface area contributed by atoms with E-state index >= 15 is 0 Å². The Morgan fingerprint density at radius 3 is 2.17 bits per heavy atom. The largest absolute Gasteiger partial charge is 0.354 e. The summed E-state index contributed by atoms with van der Waals surface area (Å²) in [5.41, 5.74) is 0.180. The normalized spacial score (nSPS) is 12.1. The molecule has 0 radical (unpaired) electrons. The molecular weight excluding hydrogens is 246 g/mol. The zero-order valence-electron chi connectivity index (χ0n) is 11.8. The maximum absolute atomic E-state index is 6.15. The lowest BCUT2D eigenvalue weighted by atomic mass is 9.95. The van der Waals surface area contributed by atoms with Gasteiger partial charge in [-0.1, -0.05) is 38.3 Å². The van der Waals surface area contributed by atoms with Crippen LogP contribution < -0.4 is 5.32 Å². The molecule has 0 aliphatic carbocycles. The van der Waals surface area contributed by atoms with Gasteiger partial charge in [-0.3, -0.25) is 0 Å². The van der Waals surface area contributed by atoms with Gasteiger partial charge < -0.3 is 5.32 Å². The molecule has 4 heteroatoms. The van der Waals surface area contributed by atoms with Crippen molar-refractivity contribution >= 4 is 17.4 Å². The molecule has 1 heterocycles. The molecule has 0 saturated heterocycles. The highest BCUT2D eigenvalue weighted by atomic mass is 35.5. The predicted octanol–water partition coefficient (Wildman–Crippen LogP) is 3.56. The van der Waals surface area contributed by atoms with Crippen LogP contribution >= 0.6 is 11.6 Å². The van der Waals surface area contributed by atoms with Crippen molar-refractivity contribution in [3.63, 3.8) is 0 Å². The minimum atomic E-state index is -0.475. The van der Waals surface area contributed by atoms with Crippen LogP contribution in [-0.2, 0) is 5.41 Å². The maximum Gasteiger partial charge on any atom is 0.137 e. The van der Waals surface area contributed by atoms with E-state index < -0.39 is 5.54 Å². The summed E-state index contributed by atoms with van der Waals surface area (Å²) in [5.74, 6) is 4.08. The number of aromatic nitrogens is 2. The monoisotopic (exact) mass is 265 g/mol. The number of nitrogens with one attached hydrogen (secondary N) is 1. The average Bonchev–Trinajstić information content (AvgIpc) is 2.22. The number of terminal acetylenes is 1. The number of rotatable bonds is 2. The van der Waals surface area contributed by atoms with Gasteiger partial charge in [0.15, 0.2) is 0 Å². The molecule has 1 aromatic rings. The quantitative estimate of drug-likeness (QED) is 0.656. The highest BCUT2D eigenvalue weighted by Crippen LogP contribution is 2.27. The Balaban J connectivity index is 3.29. The molecule has 0 bridgehead atoms. The number of hydrogen-bond donors (Lipinski definition) is 1. The first-order chi connectivity index (χ1) is 8.07. The van der Waals surface area contributed by atoms with Gasteiger partial charge in [0.1, 0.15) is 16.8 Å². The summed E-state index contributed by atoms with van der Waals surface area (Å²) in [4.78, 5) is 8.86. The summed E-state index contributed by atoms with van der Waals surface area (Å²) in [6.45, 7) is 11.8. The molecule has 3 nitrogen and oxygen atoms in total. The third-order valence-electron chi connectivity index (χ3n) is 2.55. The van der Waals surface area contributed by atoms with E-state index in [1.54, 1.807) is 0 Å². The summed E-state index contributed by atoms with van der Waals surface area (Å²) in [6, 6.07) is 0. The van der Waals surface area contributed by atoms with Crippen molar-refractivity contribution in [3.8, 4) is 12.3 Å². The first-order valence-electron chi connectivity index (χ1n) is 5.87. The molecule has 1 N–H and O–H groups in total. The molecule has 98 valence electrons. The van der Waals surface area contributed by atoms with Gasteiger partial charge in [-0.25, -0.2) is 9.97 Å². The Bertz CT molecular complexity index is 493. The Morgan fingerprint density at radius 2 is 1.72 bits per heavy atom. The first kappa shape index (κ1) is 14.8. The summed E-state index contributed by atoms with van der Waals surface area (Å²) in [6.07, 6.45) is 5.48. The molecule has 0 unspecified atom stereocenters. The van der Waals surface area contributed by atoms with Crippen LogP contribution in [-0.4, -0.2) is 15.5 Å². The third kappa shape index (κ3) is 3.36. The van der Waals surface area contributed by atoms with E-state index in [1.165, 1.54) is 0 Å². The second-order valence-electron chi connectivity index (χ2n) is 5.96. The molecule has 0 aromatic carbocycles.